The predicted octanol–water partition coefficient (Wildman–Crippen LogP) is 2.66. The Morgan fingerprint density at radius 2 is 1.94 bits per heavy atom. The fourth-order valence-corrected chi connectivity index (χ4v) is 4.93. The number of carbonyl (C=O) groups excluding carboxylic acids is 1. The molecule has 1 aliphatic heterocycles. The summed E-state index contributed by atoms with van der Waals surface area (Å²) in [6.07, 6.45) is 4.91. The second-order valence-corrected chi connectivity index (χ2v) is 7.68. The number of esters is 1. The molecule has 0 amide bonds. The molecule has 1 spiro atoms. The molecule has 18 heavy (non-hydrogen) atoms. The van der Waals surface area contributed by atoms with Crippen molar-refractivity contribution >= 4 is 5.97 Å². The Morgan fingerprint density at radius 1 is 1.22 bits per heavy atom. The molecule has 0 aromatic rings. The van der Waals surface area contributed by atoms with E-state index in [1.807, 2.05) is 0 Å². The molecule has 1 N–H and O–H groups in total. The molecule has 0 radical (unpaired) electrons. The molecule has 3 rings (SSSR count). The lowest BCUT2D eigenvalue weighted by Crippen LogP contribution is -2.63. The highest BCUT2D eigenvalue weighted by Gasteiger charge is 2.62. The summed E-state index contributed by atoms with van der Waals surface area (Å²) in [5.74, 6) is 0.417. The molecule has 0 aromatic heterocycles. The smallest absolute Gasteiger partial charge is 0.306 e. The van der Waals surface area contributed by atoms with Gasteiger partial charge in [-0.05, 0) is 42.9 Å². The molecule has 102 valence electrons. The van der Waals surface area contributed by atoms with E-state index in [1.54, 1.807) is 0 Å². The number of rotatable bonds is 0. The van der Waals surface area contributed by atoms with Crippen LogP contribution in [-0.2, 0) is 9.53 Å². The average molecular weight is 252 g/mol. The quantitative estimate of drug-likeness (QED) is 0.674. The van der Waals surface area contributed by atoms with Crippen molar-refractivity contribution in [3.05, 3.63) is 0 Å². The number of aliphatic hydroxyl groups excluding tert-OH is 1. The molecule has 0 unspecified atom stereocenters. The van der Waals surface area contributed by atoms with Gasteiger partial charge in [-0.25, -0.2) is 0 Å². The highest BCUT2D eigenvalue weighted by atomic mass is 16.6. The topological polar surface area (TPSA) is 46.5 Å². The summed E-state index contributed by atoms with van der Waals surface area (Å²) in [5, 5.41) is 10.2. The fraction of sp³-hybridized carbons (Fsp3) is 0.933. The minimum Gasteiger partial charge on any atom is -0.459 e. The van der Waals surface area contributed by atoms with E-state index in [0.717, 1.165) is 32.1 Å². The van der Waals surface area contributed by atoms with Gasteiger partial charge < -0.3 is 9.84 Å². The lowest BCUT2D eigenvalue weighted by atomic mass is 9.50. The minimum atomic E-state index is -0.287. The Balaban J connectivity index is 1.99. The fourth-order valence-electron chi connectivity index (χ4n) is 4.93. The normalized spacial score (nSPS) is 50.3. The van der Waals surface area contributed by atoms with Gasteiger partial charge in [0.25, 0.3) is 0 Å². The predicted molar refractivity (Wildman–Crippen MR) is 67.9 cm³/mol. The van der Waals surface area contributed by atoms with Gasteiger partial charge in [0.05, 0.1) is 12.5 Å². The standard InChI is InChI=1S/C15H24O3/c1-13(2)8-12(17)18-15-7-5-11(16)14(3,9-15)6-4-10(13)15/h10-11,16H,4-9H2,1-3H3/t10-,11+,14+,15-/m0/s1. The van der Waals surface area contributed by atoms with Gasteiger partial charge in [0.1, 0.15) is 5.60 Å². The average Bonchev–Trinajstić information content (AvgIpc) is 2.21. The van der Waals surface area contributed by atoms with Crippen molar-refractivity contribution in [2.24, 2.45) is 16.7 Å². The Morgan fingerprint density at radius 3 is 2.67 bits per heavy atom. The first kappa shape index (κ1) is 12.5. The summed E-state index contributed by atoms with van der Waals surface area (Å²) in [6.45, 7) is 6.56. The maximum Gasteiger partial charge on any atom is 0.306 e. The Bertz CT molecular complexity index is 389. The molecule has 2 saturated carbocycles. The van der Waals surface area contributed by atoms with E-state index in [1.165, 1.54) is 0 Å². The van der Waals surface area contributed by atoms with Gasteiger partial charge in [0.2, 0.25) is 0 Å². The summed E-state index contributed by atoms with van der Waals surface area (Å²) in [6, 6.07) is 0. The Kier molecular flexibility index (Phi) is 2.42. The molecule has 1 heterocycles. The lowest BCUT2D eigenvalue weighted by Gasteiger charge is -2.61. The molecular formula is C15H24O3. The third kappa shape index (κ3) is 1.56. The van der Waals surface area contributed by atoms with Gasteiger partial charge in [-0.2, -0.15) is 0 Å². The Labute approximate surface area is 109 Å². The summed E-state index contributed by atoms with van der Waals surface area (Å²) < 4.78 is 5.85. The van der Waals surface area contributed by atoms with E-state index in [4.69, 9.17) is 4.74 Å². The van der Waals surface area contributed by atoms with E-state index in [2.05, 4.69) is 20.8 Å². The van der Waals surface area contributed by atoms with Crippen molar-refractivity contribution in [1.29, 1.82) is 0 Å². The zero-order valence-corrected chi connectivity index (χ0v) is 11.7. The third-order valence-corrected chi connectivity index (χ3v) is 5.85. The number of hydrogen-bond acceptors (Lipinski definition) is 3. The highest BCUT2D eigenvalue weighted by Crippen LogP contribution is 2.61. The zero-order chi connectivity index (χ0) is 13.2. The first-order chi connectivity index (χ1) is 8.28. The first-order valence-electron chi connectivity index (χ1n) is 7.17. The van der Waals surface area contributed by atoms with Crippen LogP contribution in [0, 0.1) is 16.7 Å². The van der Waals surface area contributed by atoms with Crippen LogP contribution < -0.4 is 0 Å². The van der Waals surface area contributed by atoms with Gasteiger partial charge in [0.15, 0.2) is 0 Å². The molecule has 3 heteroatoms. The first-order valence-corrected chi connectivity index (χ1v) is 7.17. The number of aliphatic hydroxyl groups is 1. The lowest BCUT2D eigenvalue weighted by molar-refractivity contribution is -0.235. The van der Waals surface area contributed by atoms with Crippen molar-refractivity contribution in [3.63, 3.8) is 0 Å². The molecule has 0 aromatic carbocycles. The van der Waals surface area contributed by atoms with Gasteiger partial charge in [-0.15, -0.1) is 0 Å². The van der Waals surface area contributed by atoms with Crippen LogP contribution >= 0.6 is 0 Å². The highest BCUT2D eigenvalue weighted by molar-refractivity contribution is 5.72. The molecule has 2 aliphatic carbocycles. The third-order valence-electron chi connectivity index (χ3n) is 5.85. The molecule has 2 bridgehead atoms. The van der Waals surface area contributed by atoms with Crippen molar-refractivity contribution in [2.75, 3.05) is 0 Å². The minimum absolute atomic E-state index is 0.0406. The molecule has 1 saturated heterocycles. The van der Waals surface area contributed by atoms with Gasteiger partial charge in [-0.1, -0.05) is 20.8 Å². The number of fused-ring (bicyclic) bond motifs is 1. The molecule has 3 fully saturated rings. The molecule has 3 aliphatic rings. The van der Waals surface area contributed by atoms with Gasteiger partial charge in [-0.3, -0.25) is 4.79 Å². The van der Waals surface area contributed by atoms with Crippen LogP contribution in [-0.4, -0.2) is 22.8 Å². The van der Waals surface area contributed by atoms with E-state index < -0.39 is 0 Å². The summed E-state index contributed by atoms with van der Waals surface area (Å²) in [4.78, 5) is 11.9. The maximum absolute atomic E-state index is 11.9. The number of carbonyl (C=O) groups is 1. The van der Waals surface area contributed by atoms with E-state index in [0.29, 0.717) is 12.3 Å². The summed E-state index contributed by atoms with van der Waals surface area (Å²) >= 11 is 0. The van der Waals surface area contributed by atoms with Crippen molar-refractivity contribution in [3.8, 4) is 0 Å². The SMILES string of the molecule is CC1(C)CC(=O)O[C@]23CC[C@@H](O)[C@](C)(CC[C@@H]12)C3. The zero-order valence-electron chi connectivity index (χ0n) is 11.7. The van der Waals surface area contributed by atoms with Gasteiger partial charge >= 0.3 is 5.97 Å². The van der Waals surface area contributed by atoms with E-state index in [9.17, 15) is 9.90 Å². The molecular weight excluding hydrogens is 228 g/mol. The molecule has 4 atom stereocenters. The second-order valence-electron chi connectivity index (χ2n) is 7.68. The summed E-state index contributed by atoms with van der Waals surface area (Å²) in [5.41, 5.74) is -0.299. The second kappa shape index (κ2) is 3.50. The van der Waals surface area contributed by atoms with Crippen molar-refractivity contribution in [2.45, 2.75) is 71.0 Å². The maximum atomic E-state index is 11.9. The van der Waals surface area contributed by atoms with Crippen LogP contribution in [0.3, 0.4) is 0 Å². The monoisotopic (exact) mass is 252 g/mol. The largest absolute Gasteiger partial charge is 0.459 e. The van der Waals surface area contributed by atoms with Gasteiger partial charge in [0, 0.05) is 5.92 Å². The number of hydrogen-bond donors (Lipinski definition) is 1. The van der Waals surface area contributed by atoms with E-state index in [-0.39, 0.29) is 28.5 Å². The van der Waals surface area contributed by atoms with Crippen LogP contribution in [0.4, 0.5) is 0 Å². The Hall–Kier alpha value is -0.570. The number of ether oxygens (including phenoxy) is 1. The van der Waals surface area contributed by atoms with Crippen LogP contribution in [0.15, 0.2) is 0 Å². The van der Waals surface area contributed by atoms with Crippen molar-refractivity contribution < 1.29 is 14.6 Å². The van der Waals surface area contributed by atoms with Crippen molar-refractivity contribution in [1.82, 2.24) is 0 Å². The van der Waals surface area contributed by atoms with Crippen LogP contribution in [0.1, 0.15) is 59.3 Å². The molecule has 3 nitrogen and oxygen atoms in total. The van der Waals surface area contributed by atoms with Crippen LogP contribution in [0.5, 0.6) is 0 Å². The van der Waals surface area contributed by atoms with Crippen LogP contribution in [0.25, 0.3) is 0 Å². The summed E-state index contributed by atoms with van der Waals surface area (Å²) in [7, 11) is 0. The van der Waals surface area contributed by atoms with Crippen LogP contribution in [0.2, 0.25) is 0 Å². The van der Waals surface area contributed by atoms with E-state index >= 15 is 0 Å².